The van der Waals surface area contributed by atoms with Crippen molar-refractivity contribution < 1.29 is 19.4 Å². The Morgan fingerprint density at radius 1 is 1.56 bits per heavy atom. The van der Waals surface area contributed by atoms with Crippen LogP contribution in [-0.4, -0.2) is 41.7 Å². The van der Waals surface area contributed by atoms with Crippen LogP contribution in [0, 0.1) is 6.92 Å². The van der Waals surface area contributed by atoms with E-state index in [1.54, 1.807) is 19.3 Å². The van der Waals surface area contributed by atoms with E-state index in [4.69, 9.17) is 5.11 Å². The molecule has 1 aromatic rings. The first-order valence-corrected chi connectivity index (χ1v) is 4.73. The van der Waals surface area contributed by atoms with E-state index in [1.807, 2.05) is 0 Å². The first-order chi connectivity index (χ1) is 7.56. The van der Waals surface area contributed by atoms with Gasteiger partial charge in [-0.2, -0.15) is 0 Å². The summed E-state index contributed by atoms with van der Waals surface area (Å²) in [7, 11) is 1.28. The van der Waals surface area contributed by atoms with Crippen molar-refractivity contribution in [2.24, 2.45) is 0 Å². The number of aliphatic carboxylic acids is 1. The van der Waals surface area contributed by atoms with Gasteiger partial charge in [-0.05, 0) is 12.5 Å². The van der Waals surface area contributed by atoms with Gasteiger partial charge in [0, 0.05) is 19.5 Å². The molecule has 0 aliphatic rings. The van der Waals surface area contributed by atoms with E-state index in [2.05, 4.69) is 15.0 Å². The van der Waals surface area contributed by atoms with Gasteiger partial charge in [-0.15, -0.1) is 0 Å². The smallest absolute Gasteiger partial charge is 0.334 e. The highest BCUT2D eigenvalue weighted by Crippen LogP contribution is 2.05. The van der Waals surface area contributed by atoms with Crippen LogP contribution in [0.15, 0.2) is 12.4 Å². The van der Waals surface area contributed by atoms with Gasteiger partial charge >= 0.3 is 5.97 Å². The summed E-state index contributed by atoms with van der Waals surface area (Å²) in [5.74, 6) is -1.42. The molecule has 0 bridgehead atoms. The molecule has 0 spiro atoms. The number of carboxylic acids is 1. The number of amides is 1. The summed E-state index contributed by atoms with van der Waals surface area (Å²) < 4.78 is 4.69. The van der Waals surface area contributed by atoms with Gasteiger partial charge in [-0.1, -0.05) is 0 Å². The van der Waals surface area contributed by atoms with Gasteiger partial charge in [0.15, 0.2) is 6.10 Å². The number of rotatable bonds is 5. The highest BCUT2D eigenvalue weighted by Gasteiger charge is 2.18. The summed E-state index contributed by atoms with van der Waals surface area (Å²) in [4.78, 5) is 25.0. The maximum atomic E-state index is 11.6. The molecular formula is C10H14N2O4. The lowest BCUT2D eigenvalue weighted by Crippen LogP contribution is -2.37. The number of hydrogen-bond donors (Lipinski definition) is 3. The SMILES string of the molecule is COC(CNC(=O)c1c[nH]cc1C)C(=O)O. The standard InChI is InChI=1S/C10H14N2O4/c1-6-3-11-4-7(6)9(13)12-5-8(16-2)10(14)15/h3-4,8,11H,5H2,1-2H3,(H,12,13)(H,14,15). The molecule has 6 nitrogen and oxygen atoms in total. The molecular weight excluding hydrogens is 212 g/mol. The third-order valence-electron chi connectivity index (χ3n) is 2.20. The summed E-state index contributed by atoms with van der Waals surface area (Å²) in [5.41, 5.74) is 1.31. The van der Waals surface area contributed by atoms with Crippen molar-refractivity contribution in [3.05, 3.63) is 23.5 Å². The number of aromatic nitrogens is 1. The van der Waals surface area contributed by atoms with Gasteiger partial charge in [0.05, 0.1) is 12.1 Å². The third kappa shape index (κ3) is 2.83. The van der Waals surface area contributed by atoms with Gasteiger partial charge < -0.3 is 20.1 Å². The molecule has 0 aliphatic heterocycles. The van der Waals surface area contributed by atoms with Crippen molar-refractivity contribution >= 4 is 11.9 Å². The maximum Gasteiger partial charge on any atom is 0.334 e. The third-order valence-corrected chi connectivity index (χ3v) is 2.20. The van der Waals surface area contributed by atoms with Gasteiger partial charge in [-0.25, -0.2) is 4.79 Å². The van der Waals surface area contributed by atoms with Crippen molar-refractivity contribution in [1.82, 2.24) is 10.3 Å². The predicted octanol–water partition coefficient (Wildman–Crippen LogP) is 0.153. The number of aromatic amines is 1. The second-order valence-corrected chi connectivity index (χ2v) is 3.32. The molecule has 16 heavy (non-hydrogen) atoms. The molecule has 0 radical (unpaired) electrons. The summed E-state index contributed by atoms with van der Waals surface area (Å²) in [6, 6.07) is 0. The highest BCUT2D eigenvalue weighted by atomic mass is 16.5. The van der Waals surface area contributed by atoms with Gasteiger partial charge in [0.1, 0.15) is 0 Å². The Morgan fingerprint density at radius 2 is 2.25 bits per heavy atom. The minimum Gasteiger partial charge on any atom is -0.479 e. The van der Waals surface area contributed by atoms with Crippen LogP contribution in [0.5, 0.6) is 0 Å². The Balaban J connectivity index is 2.53. The first-order valence-electron chi connectivity index (χ1n) is 4.73. The minimum absolute atomic E-state index is 0.0602. The van der Waals surface area contributed by atoms with Gasteiger partial charge in [-0.3, -0.25) is 4.79 Å². The molecule has 0 saturated heterocycles. The quantitative estimate of drug-likeness (QED) is 0.666. The fourth-order valence-corrected chi connectivity index (χ4v) is 1.24. The van der Waals surface area contributed by atoms with Crippen molar-refractivity contribution in [2.75, 3.05) is 13.7 Å². The van der Waals surface area contributed by atoms with Crippen LogP contribution in [0.3, 0.4) is 0 Å². The van der Waals surface area contributed by atoms with Crippen LogP contribution in [0.4, 0.5) is 0 Å². The summed E-state index contributed by atoms with van der Waals surface area (Å²) in [6.45, 7) is 1.73. The predicted molar refractivity (Wildman–Crippen MR) is 56.3 cm³/mol. The molecule has 3 N–H and O–H groups in total. The molecule has 0 fully saturated rings. The second kappa shape index (κ2) is 5.32. The number of hydrogen-bond acceptors (Lipinski definition) is 3. The Hall–Kier alpha value is -1.82. The molecule has 6 heteroatoms. The van der Waals surface area contributed by atoms with Crippen molar-refractivity contribution in [2.45, 2.75) is 13.0 Å². The zero-order valence-electron chi connectivity index (χ0n) is 9.11. The van der Waals surface area contributed by atoms with E-state index in [-0.39, 0.29) is 12.5 Å². The maximum absolute atomic E-state index is 11.6. The molecule has 88 valence electrons. The molecule has 0 saturated carbocycles. The van der Waals surface area contributed by atoms with E-state index in [0.717, 1.165) is 5.56 Å². The minimum atomic E-state index is -1.10. The molecule has 1 heterocycles. The van der Waals surface area contributed by atoms with Gasteiger partial charge in [0.2, 0.25) is 0 Å². The number of carbonyl (C=O) groups is 2. The number of methoxy groups -OCH3 is 1. The number of nitrogens with one attached hydrogen (secondary N) is 2. The fourth-order valence-electron chi connectivity index (χ4n) is 1.24. The second-order valence-electron chi connectivity index (χ2n) is 3.32. The zero-order valence-corrected chi connectivity index (χ0v) is 9.11. The molecule has 1 atom stereocenters. The fraction of sp³-hybridized carbons (Fsp3) is 0.400. The first kappa shape index (κ1) is 12.3. The monoisotopic (exact) mass is 226 g/mol. The topological polar surface area (TPSA) is 91.4 Å². The number of carbonyl (C=O) groups excluding carboxylic acids is 1. The van der Waals surface area contributed by atoms with E-state index < -0.39 is 12.1 Å². The number of aryl methyl sites for hydroxylation is 1. The average Bonchev–Trinajstić information content (AvgIpc) is 2.64. The lowest BCUT2D eigenvalue weighted by Gasteiger charge is -2.11. The molecule has 1 unspecified atom stereocenters. The number of H-pyrrole nitrogens is 1. The molecule has 0 aromatic carbocycles. The van der Waals surface area contributed by atoms with Crippen molar-refractivity contribution in [3.8, 4) is 0 Å². The van der Waals surface area contributed by atoms with E-state index in [1.165, 1.54) is 7.11 Å². The van der Waals surface area contributed by atoms with Crippen LogP contribution in [0.2, 0.25) is 0 Å². The lowest BCUT2D eigenvalue weighted by molar-refractivity contribution is -0.147. The van der Waals surface area contributed by atoms with Crippen LogP contribution in [0.25, 0.3) is 0 Å². The largest absolute Gasteiger partial charge is 0.479 e. The van der Waals surface area contributed by atoms with E-state index in [9.17, 15) is 9.59 Å². The van der Waals surface area contributed by atoms with Crippen molar-refractivity contribution in [3.63, 3.8) is 0 Å². The summed E-state index contributed by atoms with van der Waals surface area (Å²) >= 11 is 0. The average molecular weight is 226 g/mol. The van der Waals surface area contributed by atoms with E-state index >= 15 is 0 Å². The molecule has 1 rings (SSSR count). The zero-order chi connectivity index (χ0) is 12.1. The Bertz CT molecular complexity index is 386. The number of carboxylic acid groups (broad SMARTS) is 1. The Kier molecular flexibility index (Phi) is 4.07. The summed E-state index contributed by atoms with van der Waals surface area (Å²) in [5, 5.41) is 11.2. The van der Waals surface area contributed by atoms with Crippen LogP contribution >= 0.6 is 0 Å². The lowest BCUT2D eigenvalue weighted by atomic mass is 10.2. The van der Waals surface area contributed by atoms with Crippen LogP contribution < -0.4 is 5.32 Å². The molecule has 1 aromatic heterocycles. The highest BCUT2D eigenvalue weighted by molar-refractivity contribution is 5.95. The summed E-state index contributed by atoms with van der Waals surface area (Å²) in [6.07, 6.45) is 2.23. The molecule has 0 aliphatic carbocycles. The van der Waals surface area contributed by atoms with Crippen LogP contribution in [-0.2, 0) is 9.53 Å². The number of ether oxygens (including phenoxy) is 1. The Labute approximate surface area is 92.6 Å². The normalized spacial score (nSPS) is 12.1. The molecule has 1 amide bonds. The van der Waals surface area contributed by atoms with E-state index in [0.29, 0.717) is 5.56 Å². The van der Waals surface area contributed by atoms with Crippen molar-refractivity contribution in [1.29, 1.82) is 0 Å². The van der Waals surface area contributed by atoms with Gasteiger partial charge in [0.25, 0.3) is 5.91 Å². The Morgan fingerprint density at radius 3 is 2.69 bits per heavy atom. The van der Waals surface area contributed by atoms with Crippen LogP contribution in [0.1, 0.15) is 15.9 Å².